The molecule has 108 valence electrons. The Bertz CT molecular complexity index is 809. The van der Waals surface area contributed by atoms with Gasteiger partial charge in [0.15, 0.2) is 5.65 Å². The van der Waals surface area contributed by atoms with Crippen molar-refractivity contribution in [3.05, 3.63) is 35.0 Å². The van der Waals surface area contributed by atoms with Crippen LogP contribution in [0.25, 0.3) is 11.0 Å². The fourth-order valence-electron chi connectivity index (χ4n) is 2.21. The van der Waals surface area contributed by atoms with Crippen molar-refractivity contribution < 1.29 is 4.74 Å². The lowest BCUT2D eigenvalue weighted by molar-refractivity contribution is 0.464. The number of H-pyrrole nitrogens is 1. The summed E-state index contributed by atoms with van der Waals surface area (Å²) in [5, 5.41) is 10.5. The molecule has 0 aliphatic carbocycles. The van der Waals surface area contributed by atoms with Gasteiger partial charge >= 0.3 is 0 Å². The van der Waals surface area contributed by atoms with E-state index in [1.807, 2.05) is 19.9 Å². The normalized spacial score (nSPS) is 10.9. The number of nitrogens with one attached hydrogen (secondary N) is 2. The fraction of sp³-hybridized carbons (Fsp3) is 0.267. The number of aromatic nitrogens is 4. The minimum absolute atomic E-state index is 0.490. The number of ether oxygens (including phenoxy) is 1. The third-order valence-electron chi connectivity index (χ3n) is 3.47. The zero-order valence-corrected chi connectivity index (χ0v) is 12.5. The molecule has 2 heterocycles. The van der Waals surface area contributed by atoms with Crippen molar-refractivity contribution >= 4 is 17.0 Å². The van der Waals surface area contributed by atoms with Gasteiger partial charge in [0.05, 0.1) is 6.20 Å². The molecular weight excluding hydrogens is 266 g/mol. The molecule has 0 saturated heterocycles. The first-order valence-electron chi connectivity index (χ1n) is 6.73. The van der Waals surface area contributed by atoms with Gasteiger partial charge in [-0.05, 0) is 43.5 Å². The quantitative estimate of drug-likeness (QED) is 0.772. The van der Waals surface area contributed by atoms with E-state index in [2.05, 4.69) is 38.5 Å². The molecule has 0 atom stereocenters. The Balaban J connectivity index is 2.11. The van der Waals surface area contributed by atoms with Crippen molar-refractivity contribution in [3.63, 3.8) is 0 Å². The van der Waals surface area contributed by atoms with E-state index < -0.39 is 0 Å². The van der Waals surface area contributed by atoms with Crippen molar-refractivity contribution in [2.45, 2.75) is 20.8 Å². The van der Waals surface area contributed by atoms with Crippen molar-refractivity contribution in [2.24, 2.45) is 0 Å². The summed E-state index contributed by atoms with van der Waals surface area (Å²) >= 11 is 0. The number of anilines is 1. The minimum atomic E-state index is 0.490. The molecule has 6 heteroatoms. The number of hydrogen-bond donors (Lipinski definition) is 2. The van der Waals surface area contributed by atoms with Gasteiger partial charge in [-0.2, -0.15) is 15.1 Å². The van der Waals surface area contributed by atoms with Crippen molar-refractivity contribution in [1.29, 1.82) is 0 Å². The third-order valence-corrected chi connectivity index (χ3v) is 3.47. The van der Waals surface area contributed by atoms with Crippen LogP contribution in [-0.4, -0.2) is 27.2 Å². The zero-order chi connectivity index (χ0) is 15.0. The predicted octanol–water partition coefficient (Wildman–Crippen LogP) is 3.11. The van der Waals surface area contributed by atoms with Crippen LogP contribution in [0.15, 0.2) is 18.3 Å². The van der Waals surface area contributed by atoms with Crippen LogP contribution in [0.2, 0.25) is 0 Å². The van der Waals surface area contributed by atoms with Gasteiger partial charge in [0.1, 0.15) is 11.1 Å². The smallest absolute Gasteiger partial charge is 0.235 e. The van der Waals surface area contributed by atoms with Crippen LogP contribution in [0.4, 0.5) is 5.95 Å². The molecule has 0 aliphatic heterocycles. The van der Waals surface area contributed by atoms with Crippen LogP contribution in [-0.2, 0) is 0 Å². The summed E-state index contributed by atoms with van der Waals surface area (Å²) in [4.78, 5) is 8.68. The van der Waals surface area contributed by atoms with Crippen molar-refractivity contribution in [1.82, 2.24) is 20.2 Å². The Morgan fingerprint density at radius 1 is 1.14 bits per heavy atom. The Hall–Kier alpha value is -2.63. The van der Waals surface area contributed by atoms with E-state index in [0.717, 1.165) is 22.3 Å². The summed E-state index contributed by atoms with van der Waals surface area (Å²) in [7, 11) is 1.77. The monoisotopic (exact) mass is 283 g/mol. The van der Waals surface area contributed by atoms with E-state index in [1.165, 1.54) is 5.56 Å². The first-order valence-corrected chi connectivity index (χ1v) is 6.73. The highest BCUT2D eigenvalue weighted by Gasteiger charge is 2.13. The molecule has 0 fully saturated rings. The van der Waals surface area contributed by atoms with Crippen molar-refractivity contribution in [3.8, 4) is 11.6 Å². The first kappa shape index (κ1) is 13.4. The Morgan fingerprint density at radius 3 is 2.71 bits per heavy atom. The summed E-state index contributed by atoms with van der Waals surface area (Å²) in [6, 6.07) is 4.14. The van der Waals surface area contributed by atoms with Gasteiger partial charge in [0.25, 0.3) is 0 Å². The van der Waals surface area contributed by atoms with Gasteiger partial charge in [-0.15, -0.1) is 0 Å². The molecule has 0 radical (unpaired) electrons. The molecule has 0 amide bonds. The standard InChI is InChI=1S/C15H17N5O/c1-8-5-9(2)10(3)12(6-8)21-14-11-7-17-20-13(11)18-15(16-4)19-14/h5-7H,1-4H3,(H2,16,17,18,19,20). The van der Waals surface area contributed by atoms with Crippen molar-refractivity contribution in [2.75, 3.05) is 12.4 Å². The SMILES string of the molecule is CNc1nc(Oc2cc(C)cc(C)c2C)c2cn[nH]c2n1. The number of fused-ring (bicyclic) bond motifs is 1. The van der Waals surface area contributed by atoms with E-state index >= 15 is 0 Å². The van der Waals surface area contributed by atoms with Crippen LogP contribution < -0.4 is 10.1 Å². The number of aryl methyl sites for hydroxylation is 2. The molecule has 2 aromatic heterocycles. The van der Waals surface area contributed by atoms with Crippen LogP contribution in [0.3, 0.4) is 0 Å². The lowest BCUT2D eigenvalue weighted by Crippen LogP contribution is -2.00. The average molecular weight is 283 g/mol. The van der Waals surface area contributed by atoms with E-state index in [1.54, 1.807) is 13.2 Å². The lowest BCUT2D eigenvalue weighted by Gasteiger charge is -2.12. The lowest BCUT2D eigenvalue weighted by atomic mass is 10.1. The van der Waals surface area contributed by atoms with Crippen LogP contribution in [0, 0.1) is 20.8 Å². The number of benzene rings is 1. The molecular formula is C15H17N5O. The topological polar surface area (TPSA) is 75.7 Å². The molecule has 0 unspecified atom stereocenters. The number of hydrogen-bond acceptors (Lipinski definition) is 5. The summed E-state index contributed by atoms with van der Waals surface area (Å²) in [5.41, 5.74) is 4.09. The molecule has 0 aliphatic rings. The Morgan fingerprint density at radius 2 is 1.95 bits per heavy atom. The van der Waals surface area contributed by atoms with E-state index in [4.69, 9.17) is 4.74 Å². The second-order valence-electron chi connectivity index (χ2n) is 5.04. The largest absolute Gasteiger partial charge is 0.438 e. The second-order valence-corrected chi connectivity index (χ2v) is 5.04. The maximum absolute atomic E-state index is 6.03. The van der Waals surface area contributed by atoms with Gasteiger partial charge in [0.2, 0.25) is 11.8 Å². The molecule has 3 aromatic rings. The van der Waals surface area contributed by atoms with Gasteiger partial charge in [-0.1, -0.05) is 6.07 Å². The molecule has 21 heavy (non-hydrogen) atoms. The molecule has 0 bridgehead atoms. The molecule has 1 aromatic carbocycles. The van der Waals surface area contributed by atoms with Crippen LogP contribution in [0.1, 0.15) is 16.7 Å². The van der Waals surface area contributed by atoms with E-state index in [0.29, 0.717) is 17.5 Å². The van der Waals surface area contributed by atoms with E-state index in [9.17, 15) is 0 Å². The average Bonchev–Trinajstić information content (AvgIpc) is 2.92. The minimum Gasteiger partial charge on any atom is -0.438 e. The van der Waals surface area contributed by atoms with Gasteiger partial charge < -0.3 is 10.1 Å². The second kappa shape index (κ2) is 5.05. The molecule has 0 saturated carbocycles. The third kappa shape index (κ3) is 2.40. The van der Waals surface area contributed by atoms with Gasteiger partial charge in [0, 0.05) is 7.05 Å². The molecule has 2 N–H and O–H groups in total. The summed E-state index contributed by atoms with van der Waals surface area (Å²) < 4.78 is 6.03. The molecule has 3 rings (SSSR count). The van der Waals surface area contributed by atoms with Gasteiger partial charge in [-0.3, -0.25) is 5.10 Å². The zero-order valence-electron chi connectivity index (χ0n) is 12.5. The molecule has 6 nitrogen and oxygen atoms in total. The maximum Gasteiger partial charge on any atom is 0.235 e. The highest BCUT2D eigenvalue weighted by Crippen LogP contribution is 2.31. The highest BCUT2D eigenvalue weighted by atomic mass is 16.5. The van der Waals surface area contributed by atoms with Gasteiger partial charge in [-0.25, -0.2) is 0 Å². The van der Waals surface area contributed by atoms with E-state index in [-0.39, 0.29) is 0 Å². The molecule has 0 spiro atoms. The summed E-state index contributed by atoms with van der Waals surface area (Å²) in [6.45, 7) is 6.16. The number of nitrogens with zero attached hydrogens (tertiary/aromatic N) is 3. The van der Waals surface area contributed by atoms with Crippen LogP contribution in [0.5, 0.6) is 11.6 Å². The Kier molecular flexibility index (Phi) is 3.21. The van der Waals surface area contributed by atoms with Crippen LogP contribution >= 0.6 is 0 Å². The predicted molar refractivity (Wildman–Crippen MR) is 82.0 cm³/mol. The Labute approximate surface area is 122 Å². The number of aromatic amines is 1. The highest BCUT2D eigenvalue weighted by molar-refractivity contribution is 5.81. The fourth-order valence-corrected chi connectivity index (χ4v) is 2.21. The summed E-state index contributed by atoms with van der Waals surface area (Å²) in [5.74, 6) is 1.78. The first-order chi connectivity index (χ1) is 10.1. The maximum atomic E-state index is 6.03. The summed E-state index contributed by atoms with van der Waals surface area (Å²) in [6.07, 6.45) is 1.67. The number of rotatable bonds is 3.